The van der Waals surface area contributed by atoms with Gasteiger partial charge in [0, 0.05) is 5.57 Å². The van der Waals surface area contributed by atoms with E-state index in [1.807, 2.05) is 6.92 Å². The molecule has 0 heterocycles. The highest BCUT2D eigenvalue weighted by molar-refractivity contribution is 7.67. The molecule has 0 N–H and O–H groups in total. The molecule has 2 aliphatic carbocycles. The minimum atomic E-state index is -2.90. The predicted molar refractivity (Wildman–Crippen MR) is 76.1 cm³/mol. The van der Waals surface area contributed by atoms with Crippen molar-refractivity contribution in [3.8, 4) is 0 Å². The molecule has 120 valence electrons. The summed E-state index contributed by atoms with van der Waals surface area (Å²) in [6.45, 7) is 7.30. The molecule has 0 aromatic rings. The molecule has 0 aliphatic heterocycles. The SMILES string of the molecule is C=C(C)C(=O)OCCOC1(C)C2CCC(C2)C1O[SH](=O)=O. The summed E-state index contributed by atoms with van der Waals surface area (Å²) in [4.78, 5) is 11.3. The number of esters is 1. The number of thiol groups is 1. The second-order valence-corrected chi connectivity index (χ2v) is 6.63. The van der Waals surface area contributed by atoms with E-state index in [1.165, 1.54) is 0 Å². The van der Waals surface area contributed by atoms with Gasteiger partial charge in [0.05, 0.1) is 12.2 Å². The van der Waals surface area contributed by atoms with Crippen molar-refractivity contribution in [1.29, 1.82) is 0 Å². The Kier molecular flexibility index (Phi) is 5.06. The van der Waals surface area contributed by atoms with Crippen LogP contribution in [-0.2, 0) is 29.4 Å². The maximum Gasteiger partial charge on any atom is 0.333 e. The van der Waals surface area contributed by atoms with Gasteiger partial charge in [-0.15, -0.1) is 0 Å². The van der Waals surface area contributed by atoms with E-state index in [0.29, 0.717) is 11.5 Å². The lowest BCUT2D eigenvalue weighted by molar-refractivity contribution is -0.153. The highest BCUT2D eigenvalue weighted by atomic mass is 32.2. The topological polar surface area (TPSA) is 78.9 Å². The van der Waals surface area contributed by atoms with Crippen LogP contribution in [0.2, 0.25) is 0 Å². The normalized spacial score (nSPS) is 34.3. The largest absolute Gasteiger partial charge is 0.460 e. The van der Waals surface area contributed by atoms with Gasteiger partial charge in [-0.1, -0.05) is 6.58 Å². The first kappa shape index (κ1) is 16.5. The number of rotatable bonds is 7. The van der Waals surface area contributed by atoms with Gasteiger partial charge in [0.15, 0.2) is 0 Å². The minimum absolute atomic E-state index is 0.120. The van der Waals surface area contributed by atoms with Crippen LogP contribution in [0.5, 0.6) is 0 Å². The number of ether oxygens (including phenoxy) is 2. The number of hydrogen-bond donors (Lipinski definition) is 1. The molecule has 2 saturated carbocycles. The Morgan fingerprint density at radius 3 is 2.67 bits per heavy atom. The molecule has 2 aliphatic rings. The summed E-state index contributed by atoms with van der Waals surface area (Å²) in [7, 11) is -2.90. The summed E-state index contributed by atoms with van der Waals surface area (Å²) in [5.41, 5.74) is -0.292. The van der Waals surface area contributed by atoms with Gasteiger partial charge < -0.3 is 9.47 Å². The Morgan fingerprint density at radius 2 is 2.05 bits per heavy atom. The Morgan fingerprint density at radius 1 is 1.33 bits per heavy atom. The average Bonchev–Trinajstić information content (AvgIpc) is 2.97. The monoisotopic (exact) mass is 318 g/mol. The molecular weight excluding hydrogens is 296 g/mol. The molecule has 2 rings (SSSR count). The summed E-state index contributed by atoms with van der Waals surface area (Å²) in [5, 5.41) is 0. The third-order valence-electron chi connectivity index (χ3n) is 4.55. The van der Waals surface area contributed by atoms with Crippen LogP contribution in [0.25, 0.3) is 0 Å². The maximum absolute atomic E-state index is 11.3. The fourth-order valence-corrected chi connectivity index (χ4v) is 4.08. The summed E-state index contributed by atoms with van der Waals surface area (Å²) < 4.78 is 37.7. The van der Waals surface area contributed by atoms with Gasteiger partial charge >= 0.3 is 5.97 Å². The van der Waals surface area contributed by atoms with Gasteiger partial charge in [-0.3, -0.25) is 4.18 Å². The van der Waals surface area contributed by atoms with Crippen molar-refractivity contribution in [2.24, 2.45) is 11.8 Å². The molecule has 0 radical (unpaired) electrons. The second-order valence-electron chi connectivity index (χ2n) is 5.97. The number of carbonyl (C=O) groups is 1. The molecule has 2 bridgehead atoms. The highest BCUT2D eigenvalue weighted by Gasteiger charge is 2.57. The maximum atomic E-state index is 11.3. The quantitative estimate of drug-likeness (QED) is 0.329. The van der Waals surface area contributed by atoms with Crippen molar-refractivity contribution < 1.29 is 26.9 Å². The molecular formula is C14H22O6S. The van der Waals surface area contributed by atoms with Crippen LogP contribution in [0.3, 0.4) is 0 Å². The van der Waals surface area contributed by atoms with Crippen LogP contribution in [0.4, 0.5) is 0 Å². The second kappa shape index (κ2) is 6.46. The van der Waals surface area contributed by atoms with Gasteiger partial charge in [0.25, 0.3) is 11.0 Å². The molecule has 2 fully saturated rings. The van der Waals surface area contributed by atoms with Crippen LogP contribution in [0, 0.1) is 11.8 Å². The van der Waals surface area contributed by atoms with Crippen molar-refractivity contribution in [3.05, 3.63) is 12.2 Å². The third-order valence-corrected chi connectivity index (χ3v) is 4.95. The van der Waals surface area contributed by atoms with Gasteiger partial charge in [-0.2, -0.15) is 0 Å². The van der Waals surface area contributed by atoms with Crippen molar-refractivity contribution in [3.63, 3.8) is 0 Å². The average molecular weight is 318 g/mol. The smallest absolute Gasteiger partial charge is 0.333 e. The van der Waals surface area contributed by atoms with E-state index in [4.69, 9.17) is 13.7 Å². The summed E-state index contributed by atoms with van der Waals surface area (Å²) >= 11 is 0. The van der Waals surface area contributed by atoms with Crippen LogP contribution in [-0.4, -0.2) is 39.3 Å². The van der Waals surface area contributed by atoms with E-state index in [9.17, 15) is 13.2 Å². The lowest BCUT2D eigenvalue weighted by Crippen LogP contribution is -2.48. The first-order chi connectivity index (χ1) is 9.84. The zero-order valence-electron chi connectivity index (χ0n) is 12.4. The number of hydrogen-bond acceptors (Lipinski definition) is 6. The van der Waals surface area contributed by atoms with E-state index < -0.39 is 28.7 Å². The van der Waals surface area contributed by atoms with Crippen LogP contribution in [0.1, 0.15) is 33.1 Å². The molecule has 0 amide bonds. The van der Waals surface area contributed by atoms with Crippen LogP contribution < -0.4 is 0 Å². The van der Waals surface area contributed by atoms with E-state index in [2.05, 4.69) is 6.58 Å². The van der Waals surface area contributed by atoms with Crippen LogP contribution in [0.15, 0.2) is 12.2 Å². The Bertz CT molecular complexity index is 492. The van der Waals surface area contributed by atoms with Crippen molar-refractivity contribution >= 4 is 17.0 Å². The van der Waals surface area contributed by atoms with Crippen molar-refractivity contribution in [2.75, 3.05) is 13.2 Å². The van der Waals surface area contributed by atoms with Crippen molar-refractivity contribution in [1.82, 2.24) is 0 Å². The van der Waals surface area contributed by atoms with Gasteiger partial charge in [0.1, 0.15) is 12.7 Å². The molecule has 7 heteroatoms. The first-order valence-electron chi connectivity index (χ1n) is 7.12. The summed E-state index contributed by atoms with van der Waals surface area (Å²) in [6, 6.07) is 0. The summed E-state index contributed by atoms with van der Waals surface area (Å²) in [5.74, 6) is 0.0669. The Hall–Kier alpha value is -0.920. The summed E-state index contributed by atoms with van der Waals surface area (Å²) in [6.07, 6.45) is 2.48. The minimum Gasteiger partial charge on any atom is -0.460 e. The number of carbonyl (C=O) groups excluding carboxylic acids is 1. The van der Waals surface area contributed by atoms with Crippen molar-refractivity contribution in [2.45, 2.75) is 44.8 Å². The van der Waals surface area contributed by atoms with E-state index in [0.717, 1.165) is 19.3 Å². The molecule has 4 unspecified atom stereocenters. The Balaban J connectivity index is 1.90. The zero-order chi connectivity index (χ0) is 15.6. The zero-order valence-corrected chi connectivity index (χ0v) is 13.3. The molecule has 0 spiro atoms. The van der Waals surface area contributed by atoms with Gasteiger partial charge in [-0.05, 0) is 44.9 Å². The molecule has 0 saturated heterocycles. The standard InChI is InChI=1S/C14H22O6S/c1-9(2)13(15)18-6-7-19-14(3)11-5-4-10(8-11)12(14)20-21(16)17/h10-12,21H,1,4-8H2,2-3H3. The lowest BCUT2D eigenvalue weighted by Gasteiger charge is -2.39. The molecule has 21 heavy (non-hydrogen) atoms. The Labute approximate surface area is 126 Å². The van der Waals surface area contributed by atoms with E-state index in [1.54, 1.807) is 6.92 Å². The molecule has 0 aromatic carbocycles. The fourth-order valence-electron chi connectivity index (χ4n) is 3.51. The molecule has 4 atom stereocenters. The van der Waals surface area contributed by atoms with Gasteiger partial charge in [0.2, 0.25) is 0 Å². The van der Waals surface area contributed by atoms with E-state index in [-0.39, 0.29) is 19.1 Å². The van der Waals surface area contributed by atoms with Gasteiger partial charge in [-0.25, -0.2) is 13.2 Å². The first-order valence-corrected chi connectivity index (χ1v) is 8.22. The highest BCUT2D eigenvalue weighted by Crippen LogP contribution is 2.53. The van der Waals surface area contributed by atoms with Crippen LogP contribution >= 0.6 is 0 Å². The third kappa shape index (κ3) is 3.46. The van der Waals surface area contributed by atoms with E-state index >= 15 is 0 Å². The lowest BCUT2D eigenvalue weighted by atomic mass is 9.83. The number of fused-ring (bicyclic) bond motifs is 2. The fraction of sp³-hybridized carbons (Fsp3) is 0.786. The molecule has 6 nitrogen and oxygen atoms in total. The predicted octanol–water partition coefficient (Wildman–Crippen LogP) is 1.22. The molecule has 0 aromatic heterocycles.